The molecule has 0 spiro atoms. The Bertz CT molecular complexity index is 512. The third kappa shape index (κ3) is 1.42. The third-order valence-electron chi connectivity index (χ3n) is 1.72. The van der Waals surface area contributed by atoms with Crippen LogP contribution in [-0.4, -0.2) is 0 Å². The standard InChI is InChI=1S/C9H3FINS/c10-9-8(11)6-2-1-5(4-12)3-7(6)13-9/h1-3H. The minimum Gasteiger partial charge on any atom is -0.194 e. The highest BCUT2D eigenvalue weighted by Crippen LogP contribution is 2.31. The van der Waals surface area contributed by atoms with E-state index in [0.29, 0.717) is 9.13 Å². The maximum atomic E-state index is 13.1. The number of nitriles is 1. The van der Waals surface area contributed by atoms with Crippen molar-refractivity contribution >= 4 is 44.0 Å². The van der Waals surface area contributed by atoms with Crippen molar-refractivity contribution in [2.75, 3.05) is 0 Å². The van der Waals surface area contributed by atoms with Crippen LogP contribution in [0.25, 0.3) is 10.1 Å². The molecule has 0 amide bonds. The first-order valence-corrected chi connectivity index (χ1v) is 5.39. The van der Waals surface area contributed by atoms with Crippen molar-refractivity contribution in [3.63, 3.8) is 0 Å². The van der Waals surface area contributed by atoms with Gasteiger partial charge in [-0.1, -0.05) is 6.07 Å². The number of hydrogen-bond acceptors (Lipinski definition) is 2. The van der Waals surface area contributed by atoms with Crippen molar-refractivity contribution in [2.45, 2.75) is 0 Å². The van der Waals surface area contributed by atoms with E-state index in [1.807, 2.05) is 28.7 Å². The zero-order chi connectivity index (χ0) is 9.42. The summed E-state index contributed by atoms with van der Waals surface area (Å²) in [5.74, 6) is 0. The van der Waals surface area contributed by atoms with Gasteiger partial charge in [0.15, 0.2) is 5.13 Å². The Labute approximate surface area is 91.9 Å². The molecule has 1 aromatic heterocycles. The van der Waals surface area contributed by atoms with Crippen LogP contribution in [0.15, 0.2) is 18.2 Å². The van der Waals surface area contributed by atoms with Crippen LogP contribution in [0.5, 0.6) is 0 Å². The molecule has 0 unspecified atom stereocenters. The fraction of sp³-hybridized carbons (Fsp3) is 0. The molecule has 2 aromatic rings. The van der Waals surface area contributed by atoms with Crippen LogP contribution < -0.4 is 0 Å². The van der Waals surface area contributed by atoms with Crippen molar-refractivity contribution in [3.05, 3.63) is 32.5 Å². The zero-order valence-corrected chi connectivity index (χ0v) is 9.32. The summed E-state index contributed by atoms with van der Waals surface area (Å²) in [6, 6.07) is 7.24. The number of benzene rings is 1. The van der Waals surface area contributed by atoms with E-state index in [4.69, 9.17) is 5.26 Å². The van der Waals surface area contributed by atoms with E-state index in [1.54, 1.807) is 18.2 Å². The molecule has 64 valence electrons. The van der Waals surface area contributed by atoms with Gasteiger partial charge in [0.1, 0.15) is 0 Å². The molecule has 0 saturated heterocycles. The molecule has 2 rings (SSSR count). The maximum absolute atomic E-state index is 13.1. The molecule has 4 heteroatoms. The first-order chi connectivity index (χ1) is 6.22. The second-order valence-corrected chi connectivity index (χ2v) is 4.59. The van der Waals surface area contributed by atoms with E-state index in [1.165, 1.54) is 0 Å². The Balaban J connectivity index is 2.82. The van der Waals surface area contributed by atoms with Gasteiger partial charge in [-0.3, -0.25) is 0 Å². The lowest BCUT2D eigenvalue weighted by molar-refractivity contribution is 0.652. The van der Waals surface area contributed by atoms with E-state index in [0.717, 1.165) is 21.4 Å². The smallest absolute Gasteiger partial charge is 0.190 e. The van der Waals surface area contributed by atoms with E-state index in [-0.39, 0.29) is 5.13 Å². The predicted octanol–water partition coefficient (Wildman–Crippen LogP) is 3.52. The van der Waals surface area contributed by atoms with Gasteiger partial charge in [-0.15, -0.1) is 11.3 Å². The summed E-state index contributed by atoms with van der Waals surface area (Å²) in [7, 11) is 0. The summed E-state index contributed by atoms with van der Waals surface area (Å²) in [4.78, 5) is 0. The Morgan fingerprint density at radius 1 is 1.46 bits per heavy atom. The van der Waals surface area contributed by atoms with Gasteiger partial charge in [0.05, 0.1) is 15.2 Å². The highest BCUT2D eigenvalue weighted by Gasteiger charge is 2.08. The second kappa shape index (κ2) is 3.24. The summed E-state index contributed by atoms with van der Waals surface area (Å²) < 4.78 is 14.6. The molecule has 1 heterocycles. The minimum absolute atomic E-state index is 0.175. The van der Waals surface area contributed by atoms with E-state index in [9.17, 15) is 4.39 Å². The molecule has 1 nitrogen and oxygen atoms in total. The summed E-state index contributed by atoms with van der Waals surface area (Å²) in [5, 5.41) is 9.35. The summed E-state index contributed by atoms with van der Waals surface area (Å²) >= 11 is 3.06. The molecule has 0 radical (unpaired) electrons. The fourth-order valence-electron chi connectivity index (χ4n) is 1.10. The average Bonchev–Trinajstić information content (AvgIpc) is 2.42. The molecule has 0 aliphatic heterocycles. The number of halogens is 2. The molecule has 0 aliphatic carbocycles. The maximum Gasteiger partial charge on any atom is 0.190 e. The zero-order valence-electron chi connectivity index (χ0n) is 6.34. The molecule has 13 heavy (non-hydrogen) atoms. The molecular weight excluding hydrogens is 300 g/mol. The van der Waals surface area contributed by atoms with Gasteiger partial charge in [-0.2, -0.15) is 9.65 Å². The quantitative estimate of drug-likeness (QED) is 0.683. The Hall–Kier alpha value is -0.670. The van der Waals surface area contributed by atoms with Crippen LogP contribution in [0, 0.1) is 20.0 Å². The lowest BCUT2D eigenvalue weighted by Crippen LogP contribution is -1.73. The minimum atomic E-state index is -0.175. The number of hydrogen-bond donors (Lipinski definition) is 0. The first-order valence-electron chi connectivity index (χ1n) is 3.50. The van der Waals surface area contributed by atoms with Gasteiger partial charge < -0.3 is 0 Å². The number of thiophene rings is 1. The summed E-state index contributed by atoms with van der Waals surface area (Å²) in [6.45, 7) is 0. The van der Waals surface area contributed by atoms with Crippen LogP contribution in [0.1, 0.15) is 5.56 Å². The van der Waals surface area contributed by atoms with Crippen LogP contribution in [0.4, 0.5) is 4.39 Å². The largest absolute Gasteiger partial charge is 0.194 e. The number of fused-ring (bicyclic) bond motifs is 1. The first kappa shape index (κ1) is 8.91. The van der Waals surface area contributed by atoms with Gasteiger partial charge in [-0.25, -0.2) is 0 Å². The average molecular weight is 303 g/mol. The van der Waals surface area contributed by atoms with Crippen molar-refractivity contribution in [3.8, 4) is 6.07 Å². The van der Waals surface area contributed by atoms with Crippen LogP contribution in [-0.2, 0) is 0 Å². The SMILES string of the molecule is N#Cc1ccc2c(I)c(F)sc2c1. The Morgan fingerprint density at radius 3 is 2.92 bits per heavy atom. The van der Waals surface area contributed by atoms with E-state index in [2.05, 4.69) is 0 Å². The van der Waals surface area contributed by atoms with Crippen LogP contribution in [0.3, 0.4) is 0 Å². The van der Waals surface area contributed by atoms with Gasteiger partial charge in [-0.05, 0) is 34.7 Å². The Morgan fingerprint density at radius 2 is 2.23 bits per heavy atom. The monoisotopic (exact) mass is 303 g/mol. The fourth-order valence-corrected chi connectivity index (χ4v) is 2.95. The normalized spacial score (nSPS) is 10.2. The van der Waals surface area contributed by atoms with Crippen molar-refractivity contribution in [2.24, 2.45) is 0 Å². The van der Waals surface area contributed by atoms with Gasteiger partial charge in [0, 0.05) is 10.1 Å². The molecule has 0 bridgehead atoms. The van der Waals surface area contributed by atoms with Crippen LogP contribution in [0.2, 0.25) is 0 Å². The topological polar surface area (TPSA) is 23.8 Å². The number of nitrogens with zero attached hydrogens (tertiary/aromatic N) is 1. The molecule has 0 N–H and O–H groups in total. The lowest BCUT2D eigenvalue weighted by atomic mass is 10.2. The highest BCUT2D eigenvalue weighted by atomic mass is 127. The number of rotatable bonds is 0. The molecule has 0 saturated carbocycles. The second-order valence-electron chi connectivity index (χ2n) is 2.51. The molecular formula is C9H3FINS. The van der Waals surface area contributed by atoms with Crippen molar-refractivity contribution in [1.82, 2.24) is 0 Å². The predicted molar refractivity (Wildman–Crippen MR) is 59.2 cm³/mol. The molecule has 0 fully saturated rings. The molecule has 1 aromatic carbocycles. The van der Waals surface area contributed by atoms with Gasteiger partial charge in [0.2, 0.25) is 0 Å². The van der Waals surface area contributed by atoms with Crippen molar-refractivity contribution in [1.29, 1.82) is 5.26 Å². The summed E-state index contributed by atoms with van der Waals surface area (Å²) in [5.41, 5.74) is 0.574. The lowest BCUT2D eigenvalue weighted by Gasteiger charge is -1.89. The van der Waals surface area contributed by atoms with Gasteiger partial charge in [0.25, 0.3) is 0 Å². The van der Waals surface area contributed by atoms with Crippen molar-refractivity contribution < 1.29 is 4.39 Å². The molecule has 0 aliphatic rings. The van der Waals surface area contributed by atoms with E-state index >= 15 is 0 Å². The molecule has 0 atom stereocenters. The Kier molecular flexibility index (Phi) is 2.22. The third-order valence-corrected chi connectivity index (χ3v) is 4.08. The summed E-state index contributed by atoms with van der Waals surface area (Å²) in [6.07, 6.45) is 0. The van der Waals surface area contributed by atoms with Gasteiger partial charge >= 0.3 is 0 Å². The highest BCUT2D eigenvalue weighted by molar-refractivity contribution is 14.1. The van der Waals surface area contributed by atoms with Crippen LogP contribution >= 0.6 is 33.9 Å². The van der Waals surface area contributed by atoms with E-state index < -0.39 is 0 Å².